The second-order valence-electron chi connectivity index (χ2n) is 9.12. The van der Waals surface area contributed by atoms with Gasteiger partial charge in [0, 0.05) is 35.6 Å². The molecule has 2 N–H and O–H groups in total. The van der Waals surface area contributed by atoms with E-state index in [0.717, 1.165) is 47.3 Å². The van der Waals surface area contributed by atoms with Gasteiger partial charge in [-0.05, 0) is 51.4 Å². The fourth-order valence-corrected chi connectivity index (χ4v) is 3.97. The van der Waals surface area contributed by atoms with Gasteiger partial charge in [-0.2, -0.15) is 0 Å². The maximum Gasteiger partial charge on any atom is 0.0722 e. The molecule has 0 aliphatic rings. The lowest BCUT2D eigenvalue weighted by Crippen LogP contribution is -2.28. The molecule has 1 aromatic carbocycles. The lowest BCUT2D eigenvalue weighted by Gasteiger charge is -2.25. The standard InChI is InChI=1S/C17H23N3.C11H25N.C2H6/c1-3-4-7-11-18-14(2)13-20-17-10-12-19-16-9-6-5-8-15(16)17;1-6-8-10(3)9-11(7-2)12(4)5;1-2/h5-6,8-10,12,18H,2-4,7,11,13H2,1H3,(H,19,20);10-11H,6-9H2,1-5H3;1-2H3. The molecule has 194 valence electrons. The topological polar surface area (TPSA) is 40.2 Å². The smallest absolute Gasteiger partial charge is 0.0722 e. The molecular formula is C30H54N4. The fourth-order valence-electron chi connectivity index (χ4n) is 3.97. The number of para-hydroxylation sites is 1. The first-order valence-electron chi connectivity index (χ1n) is 13.6. The predicted molar refractivity (Wildman–Crippen MR) is 155 cm³/mol. The Morgan fingerprint density at radius 3 is 2.35 bits per heavy atom. The minimum atomic E-state index is 0.736. The third-order valence-electron chi connectivity index (χ3n) is 5.95. The molecule has 0 spiro atoms. The summed E-state index contributed by atoms with van der Waals surface area (Å²) in [7, 11) is 4.37. The number of rotatable bonds is 14. The van der Waals surface area contributed by atoms with Gasteiger partial charge in [0.1, 0.15) is 0 Å². The van der Waals surface area contributed by atoms with E-state index in [1.807, 2.05) is 44.3 Å². The van der Waals surface area contributed by atoms with E-state index < -0.39 is 0 Å². The van der Waals surface area contributed by atoms with Crippen LogP contribution in [0.3, 0.4) is 0 Å². The summed E-state index contributed by atoms with van der Waals surface area (Å²) in [5.74, 6) is 0.891. The molecular weight excluding hydrogens is 416 g/mol. The molecule has 0 fully saturated rings. The van der Waals surface area contributed by atoms with Crippen LogP contribution in [-0.4, -0.2) is 43.1 Å². The predicted octanol–water partition coefficient (Wildman–Crippen LogP) is 8.12. The van der Waals surface area contributed by atoms with Crippen molar-refractivity contribution in [2.45, 2.75) is 92.5 Å². The molecule has 2 rings (SSSR count). The number of nitrogens with zero attached hydrogens (tertiary/aromatic N) is 2. The average molecular weight is 471 g/mol. The van der Waals surface area contributed by atoms with Gasteiger partial charge in [0.15, 0.2) is 0 Å². The molecule has 0 bridgehead atoms. The van der Waals surface area contributed by atoms with Crippen molar-refractivity contribution in [3.05, 3.63) is 48.8 Å². The number of nitrogens with one attached hydrogen (secondary N) is 2. The minimum Gasteiger partial charge on any atom is -0.387 e. The van der Waals surface area contributed by atoms with Crippen LogP contribution in [0.1, 0.15) is 86.5 Å². The summed E-state index contributed by atoms with van der Waals surface area (Å²) in [5, 5.41) is 7.94. The van der Waals surface area contributed by atoms with Crippen LogP contribution in [0.2, 0.25) is 0 Å². The molecule has 0 saturated carbocycles. The number of unbranched alkanes of at least 4 members (excludes halogenated alkanes) is 2. The summed E-state index contributed by atoms with van der Waals surface area (Å²) in [6.45, 7) is 18.9. The number of fused-ring (bicyclic) bond motifs is 1. The zero-order valence-electron chi connectivity index (χ0n) is 23.6. The van der Waals surface area contributed by atoms with Crippen LogP contribution < -0.4 is 10.6 Å². The summed E-state index contributed by atoms with van der Waals surface area (Å²) < 4.78 is 0. The van der Waals surface area contributed by atoms with Crippen molar-refractivity contribution in [2.75, 3.05) is 32.5 Å². The molecule has 1 aromatic heterocycles. The monoisotopic (exact) mass is 470 g/mol. The van der Waals surface area contributed by atoms with Crippen molar-refractivity contribution in [1.29, 1.82) is 0 Å². The van der Waals surface area contributed by atoms with Gasteiger partial charge >= 0.3 is 0 Å². The number of hydrogen-bond donors (Lipinski definition) is 2. The highest BCUT2D eigenvalue weighted by molar-refractivity contribution is 5.90. The van der Waals surface area contributed by atoms with Crippen LogP contribution in [-0.2, 0) is 0 Å². The van der Waals surface area contributed by atoms with Gasteiger partial charge in [-0.25, -0.2) is 0 Å². The second-order valence-corrected chi connectivity index (χ2v) is 9.12. The van der Waals surface area contributed by atoms with E-state index in [1.165, 1.54) is 44.9 Å². The van der Waals surface area contributed by atoms with E-state index in [4.69, 9.17) is 0 Å². The van der Waals surface area contributed by atoms with Gasteiger partial charge in [0.25, 0.3) is 0 Å². The molecule has 2 aromatic rings. The number of aromatic nitrogens is 1. The van der Waals surface area contributed by atoms with E-state index in [0.29, 0.717) is 0 Å². The van der Waals surface area contributed by atoms with Crippen LogP contribution in [0.15, 0.2) is 48.8 Å². The Bertz CT molecular complexity index is 751. The Morgan fingerprint density at radius 2 is 1.74 bits per heavy atom. The van der Waals surface area contributed by atoms with Gasteiger partial charge in [0.2, 0.25) is 0 Å². The molecule has 4 heteroatoms. The van der Waals surface area contributed by atoms with Crippen molar-refractivity contribution in [1.82, 2.24) is 15.2 Å². The number of hydrogen-bond acceptors (Lipinski definition) is 4. The largest absolute Gasteiger partial charge is 0.387 e. The Kier molecular flexibility index (Phi) is 19.1. The van der Waals surface area contributed by atoms with Crippen LogP contribution in [0, 0.1) is 5.92 Å². The first-order chi connectivity index (χ1) is 16.4. The maximum absolute atomic E-state index is 4.36. The number of pyridine rings is 1. The van der Waals surface area contributed by atoms with Gasteiger partial charge in [0.05, 0.1) is 12.1 Å². The summed E-state index contributed by atoms with van der Waals surface area (Å²) in [6.07, 6.45) is 10.9. The van der Waals surface area contributed by atoms with E-state index >= 15 is 0 Å². The minimum absolute atomic E-state index is 0.736. The summed E-state index contributed by atoms with van der Waals surface area (Å²) in [4.78, 5) is 6.71. The maximum atomic E-state index is 4.36. The van der Waals surface area contributed by atoms with Crippen molar-refractivity contribution in [3.8, 4) is 0 Å². The summed E-state index contributed by atoms with van der Waals surface area (Å²) in [6, 6.07) is 10.9. The van der Waals surface area contributed by atoms with Gasteiger partial charge < -0.3 is 15.5 Å². The van der Waals surface area contributed by atoms with Crippen LogP contribution in [0.25, 0.3) is 10.9 Å². The Labute approximate surface area is 211 Å². The second kappa shape index (κ2) is 20.3. The van der Waals surface area contributed by atoms with Crippen LogP contribution in [0.5, 0.6) is 0 Å². The average Bonchev–Trinajstić information content (AvgIpc) is 2.85. The third-order valence-corrected chi connectivity index (χ3v) is 5.95. The van der Waals surface area contributed by atoms with Crippen LogP contribution in [0.4, 0.5) is 5.69 Å². The zero-order chi connectivity index (χ0) is 25.8. The molecule has 0 amide bonds. The lowest BCUT2D eigenvalue weighted by atomic mass is 9.95. The molecule has 0 aliphatic carbocycles. The van der Waals surface area contributed by atoms with E-state index in [1.54, 1.807) is 0 Å². The quantitative estimate of drug-likeness (QED) is 0.273. The van der Waals surface area contributed by atoms with Crippen molar-refractivity contribution in [3.63, 3.8) is 0 Å². The van der Waals surface area contributed by atoms with Gasteiger partial charge in [-0.15, -0.1) is 0 Å². The Morgan fingerprint density at radius 1 is 1.03 bits per heavy atom. The molecule has 0 saturated heterocycles. The normalized spacial score (nSPS) is 12.1. The van der Waals surface area contributed by atoms with Crippen molar-refractivity contribution in [2.24, 2.45) is 5.92 Å². The summed E-state index contributed by atoms with van der Waals surface area (Å²) in [5.41, 5.74) is 3.15. The number of benzene rings is 1. The molecule has 0 radical (unpaired) electrons. The molecule has 0 aliphatic heterocycles. The summed E-state index contributed by atoms with van der Waals surface area (Å²) >= 11 is 0. The van der Waals surface area contributed by atoms with E-state index in [-0.39, 0.29) is 0 Å². The highest BCUT2D eigenvalue weighted by Crippen LogP contribution is 2.20. The highest BCUT2D eigenvalue weighted by atomic mass is 15.1. The third kappa shape index (κ3) is 13.6. The molecule has 2 atom stereocenters. The zero-order valence-corrected chi connectivity index (χ0v) is 23.6. The Hall–Kier alpha value is -2.07. The van der Waals surface area contributed by atoms with Crippen LogP contribution >= 0.6 is 0 Å². The molecule has 2 unspecified atom stereocenters. The molecule has 34 heavy (non-hydrogen) atoms. The number of anilines is 1. The first kappa shape index (κ1) is 31.9. The Balaban J connectivity index is 0.000000670. The van der Waals surface area contributed by atoms with Crippen molar-refractivity contribution >= 4 is 16.6 Å². The van der Waals surface area contributed by atoms with Gasteiger partial charge in [-0.1, -0.05) is 92.0 Å². The fraction of sp³-hybridized carbons (Fsp3) is 0.633. The lowest BCUT2D eigenvalue weighted by molar-refractivity contribution is 0.238. The highest BCUT2D eigenvalue weighted by Gasteiger charge is 2.12. The molecule has 1 heterocycles. The van der Waals surface area contributed by atoms with Crippen molar-refractivity contribution < 1.29 is 0 Å². The SMILES string of the molecule is C=C(CNc1ccnc2ccccc12)NCCCCC.CC.CCCC(C)CC(CC)N(C)C. The van der Waals surface area contributed by atoms with E-state index in [2.05, 4.69) is 75.0 Å². The van der Waals surface area contributed by atoms with Gasteiger partial charge in [-0.3, -0.25) is 4.98 Å². The first-order valence-corrected chi connectivity index (χ1v) is 13.6. The molecule has 4 nitrogen and oxygen atoms in total. The van der Waals surface area contributed by atoms with E-state index in [9.17, 15) is 0 Å².